The number of anilines is 2. The first kappa shape index (κ1) is 18.2. The van der Waals surface area contributed by atoms with Crippen LogP contribution in [0.1, 0.15) is 38.2 Å². The number of hydrogen-bond donors (Lipinski definition) is 1. The second kappa shape index (κ2) is 8.67. The van der Waals surface area contributed by atoms with E-state index in [2.05, 4.69) is 46.4 Å². The number of hydrogen-bond acceptors (Lipinski definition) is 6. The third-order valence-electron chi connectivity index (χ3n) is 4.45. The van der Waals surface area contributed by atoms with Gasteiger partial charge in [-0.3, -0.25) is 4.79 Å². The molecule has 1 saturated heterocycles. The molecule has 1 aliphatic heterocycles. The number of carbonyl (C=O) groups excluding carboxylic acids is 1. The number of nitrogens with zero attached hydrogens (tertiary/aromatic N) is 3. The minimum atomic E-state index is 0.222. The minimum absolute atomic E-state index is 0.222. The number of nitrogens with one attached hydrogen (secondary N) is 1. The Morgan fingerprint density at radius 3 is 2.88 bits per heavy atom. The Morgan fingerprint density at radius 1 is 1.32 bits per heavy atom. The summed E-state index contributed by atoms with van der Waals surface area (Å²) < 4.78 is 0.827. The second-order valence-electron chi connectivity index (χ2n) is 6.30. The summed E-state index contributed by atoms with van der Waals surface area (Å²) in [5.74, 6) is 0.662. The molecule has 5 nitrogen and oxygen atoms in total. The van der Waals surface area contributed by atoms with Gasteiger partial charge in [0.25, 0.3) is 0 Å². The van der Waals surface area contributed by atoms with E-state index < -0.39 is 0 Å². The third kappa shape index (κ3) is 4.95. The Morgan fingerprint density at radius 2 is 2.12 bits per heavy atom. The van der Waals surface area contributed by atoms with Gasteiger partial charge in [-0.1, -0.05) is 47.7 Å². The van der Waals surface area contributed by atoms with E-state index in [1.54, 1.807) is 0 Å². The molecule has 0 unspecified atom stereocenters. The van der Waals surface area contributed by atoms with Crippen LogP contribution in [-0.2, 0) is 4.79 Å². The molecule has 7 heteroatoms. The van der Waals surface area contributed by atoms with Crippen LogP contribution >= 0.6 is 23.1 Å². The Labute approximate surface area is 157 Å². The van der Waals surface area contributed by atoms with E-state index in [4.69, 9.17) is 0 Å². The molecule has 2 aromatic rings. The standard InChI is InChI=1S/C18H24N4OS2/c1-3-15-6-4-5-11-22(15)16(23)12-24-18-21-20-17(25-18)19-14-9-7-13(2)8-10-14/h7-10,15H,3-6,11-12H2,1-2H3,(H,19,20)/t15-/m0/s1. The van der Waals surface area contributed by atoms with Gasteiger partial charge in [-0.05, 0) is 44.7 Å². The molecule has 2 heterocycles. The van der Waals surface area contributed by atoms with Crippen LogP contribution in [0.2, 0.25) is 0 Å². The summed E-state index contributed by atoms with van der Waals surface area (Å²) in [5, 5.41) is 12.4. The van der Waals surface area contributed by atoms with Crippen molar-refractivity contribution in [3.8, 4) is 0 Å². The molecule has 3 rings (SSSR count). The number of thioether (sulfide) groups is 1. The summed E-state index contributed by atoms with van der Waals surface area (Å²) in [6, 6.07) is 8.57. The highest BCUT2D eigenvalue weighted by atomic mass is 32.2. The lowest BCUT2D eigenvalue weighted by Crippen LogP contribution is -2.44. The van der Waals surface area contributed by atoms with Gasteiger partial charge in [0.15, 0.2) is 4.34 Å². The van der Waals surface area contributed by atoms with Crippen LogP contribution in [0, 0.1) is 6.92 Å². The van der Waals surface area contributed by atoms with Crippen molar-refractivity contribution in [2.24, 2.45) is 0 Å². The van der Waals surface area contributed by atoms with Crippen molar-refractivity contribution in [3.63, 3.8) is 0 Å². The Kier molecular flexibility index (Phi) is 6.31. The van der Waals surface area contributed by atoms with E-state index in [0.717, 1.165) is 41.0 Å². The first-order valence-corrected chi connectivity index (χ1v) is 10.6. The van der Waals surface area contributed by atoms with E-state index in [9.17, 15) is 4.79 Å². The van der Waals surface area contributed by atoms with Crippen LogP contribution in [0.5, 0.6) is 0 Å². The molecule has 1 atom stereocenters. The fraction of sp³-hybridized carbons (Fsp3) is 0.500. The van der Waals surface area contributed by atoms with Crippen LogP contribution in [-0.4, -0.2) is 39.3 Å². The van der Waals surface area contributed by atoms with Gasteiger partial charge >= 0.3 is 0 Å². The summed E-state index contributed by atoms with van der Waals surface area (Å²) in [6.45, 7) is 5.12. The molecule has 1 aromatic carbocycles. The first-order valence-electron chi connectivity index (χ1n) is 8.75. The van der Waals surface area contributed by atoms with Crippen LogP contribution in [0.3, 0.4) is 0 Å². The fourth-order valence-electron chi connectivity index (χ4n) is 3.04. The average molecular weight is 377 g/mol. The van der Waals surface area contributed by atoms with Gasteiger partial charge in [0.05, 0.1) is 5.75 Å². The van der Waals surface area contributed by atoms with Gasteiger partial charge in [-0.25, -0.2) is 0 Å². The number of amides is 1. The lowest BCUT2D eigenvalue weighted by Gasteiger charge is -2.35. The van der Waals surface area contributed by atoms with Crippen LogP contribution in [0.4, 0.5) is 10.8 Å². The van der Waals surface area contributed by atoms with E-state index >= 15 is 0 Å². The van der Waals surface area contributed by atoms with Crippen molar-refractivity contribution in [1.82, 2.24) is 15.1 Å². The molecule has 0 bridgehead atoms. The first-order chi connectivity index (χ1) is 12.2. The van der Waals surface area contributed by atoms with Crippen molar-refractivity contribution in [2.45, 2.75) is 49.9 Å². The van der Waals surface area contributed by atoms with E-state index in [1.165, 1.54) is 35.1 Å². The molecule has 0 aliphatic carbocycles. The van der Waals surface area contributed by atoms with Crippen LogP contribution in [0.15, 0.2) is 28.6 Å². The Bertz CT molecular complexity index is 701. The van der Waals surface area contributed by atoms with Crippen LogP contribution in [0.25, 0.3) is 0 Å². The number of aromatic nitrogens is 2. The number of benzene rings is 1. The summed E-state index contributed by atoms with van der Waals surface area (Å²) in [5.41, 5.74) is 2.22. The molecule has 1 aliphatic rings. The molecule has 134 valence electrons. The summed E-state index contributed by atoms with van der Waals surface area (Å²) in [7, 11) is 0. The highest BCUT2D eigenvalue weighted by Gasteiger charge is 2.25. The molecule has 0 saturated carbocycles. The van der Waals surface area contributed by atoms with Gasteiger partial charge < -0.3 is 10.2 Å². The zero-order chi connectivity index (χ0) is 17.6. The third-order valence-corrected chi connectivity index (χ3v) is 6.40. The topological polar surface area (TPSA) is 58.1 Å². The summed E-state index contributed by atoms with van der Waals surface area (Å²) in [4.78, 5) is 14.6. The van der Waals surface area contributed by atoms with Crippen molar-refractivity contribution in [2.75, 3.05) is 17.6 Å². The maximum Gasteiger partial charge on any atom is 0.233 e. The quantitative estimate of drug-likeness (QED) is 0.754. The van der Waals surface area contributed by atoms with Crippen molar-refractivity contribution in [3.05, 3.63) is 29.8 Å². The largest absolute Gasteiger partial charge is 0.339 e. The molecule has 1 fully saturated rings. The van der Waals surface area contributed by atoms with E-state index in [0.29, 0.717) is 11.8 Å². The van der Waals surface area contributed by atoms with E-state index in [-0.39, 0.29) is 5.91 Å². The predicted octanol–water partition coefficient (Wildman–Crippen LogP) is 4.47. The number of piperidine rings is 1. The van der Waals surface area contributed by atoms with Gasteiger partial charge in [0, 0.05) is 18.3 Å². The Hall–Kier alpha value is -1.60. The predicted molar refractivity (Wildman–Crippen MR) is 105 cm³/mol. The molecule has 0 radical (unpaired) electrons. The van der Waals surface area contributed by atoms with Gasteiger partial charge in [-0.2, -0.15) is 0 Å². The number of aryl methyl sites for hydroxylation is 1. The van der Waals surface area contributed by atoms with Crippen molar-refractivity contribution < 1.29 is 4.79 Å². The summed E-state index contributed by atoms with van der Waals surface area (Å²) in [6.07, 6.45) is 4.53. The molecule has 25 heavy (non-hydrogen) atoms. The highest BCUT2D eigenvalue weighted by Crippen LogP contribution is 2.29. The Balaban J connectivity index is 1.52. The normalized spacial score (nSPS) is 17.5. The molecular weight excluding hydrogens is 352 g/mol. The maximum atomic E-state index is 12.5. The van der Waals surface area contributed by atoms with Crippen molar-refractivity contribution >= 4 is 39.8 Å². The molecule has 1 aromatic heterocycles. The molecule has 1 N–H and O–H groups in total. The zero-order valence-corrected chi connectivity index (χ0v) is 16.3. The maximum absolute atomic E-state index is 12.5. The van der Waals surface area contributed by atoms with Gasteiger partial charge in [-0.15, -0.1) is 10.2 Å². The highest BCUT2D eigenvalue weighted by molar-refractivity contribution is 8.01. The van der Waals surface area contributed by atoms with Gasteiger partial charge in [0.1, 0.15) is 0 Å². The molecular formula is C18H24N4OS2. The summed E-state index contributed by atoms with van der Waals surface area (Å²) >= 11 is 2.97. The average Bonchev–Trinajstić information content (AvgIpc) is 3.09. The number of carbonyl (C=O) groups is 1. The lowest BCUT2D eigenvalue weighted by atomic mass is 10.0. The smallest absolute Gasteiger partial charge is 0.233 e. The molecule has 1 amide bonds. The fourth-order valence-corrected chi connectivity index (χ4v) is 4.70. The second-order valence-corrected chi connectivity index (χ2v) is 8.50. The monoisotopic (exact) mass is 376 g/mol. The SMILES string of the molecule is CC[C@H]1CCCCN1C(=O)CSc1nnc(Nc2ccc(C)cc2)s1. The lowest BCUT2D eigenvalue weighted by molar-refractivity contribution is -0.132. The number of rotatable bonds is 6. The zero-order valence-electron chi connectivity index (χ0n) is 14.7. The van der Waals surface area contributed by atoms with Crippen molar-refractivity contribution in [1.29, 1.82) is 0 Å². The molecule has 0 spiro atoms. The minimum Gasteiger partial charge on any atom is -0.339 e. The van der Waals surface area contributed by atoms with Gasteiger partial charge in [0.2, 0.25) is 11.0 Å². The number of likely N-dealkylation sites (tertiary alicyclic amines) is 1. The van der Waals surface area contributed by atoms with Crippen LogP contribution < -0.4 is 5.32 Å². The van der Waals surface area contributed by atoms with E-state index in [1.807, 2.05) is 12.1 Å².